The van der Waals surface area contributed by atoms with Crippen molar-refractivity contribution in [2.24, 2.45) is 0 Å². The van der Waals surface area contributed by atoms with E-state index in [1.165, 1.54) is 0 Å². The van der Waals surface area contributed by atoms with E-state index < -0.39 is 0 Å². The molecule has 0 aliphatic rings. The van der Waals surface area contributed by atoms with E-state index in [9.17, 15) is 0 Å². The Kier molecular flexibility index (Phi) is 118. The maximum atomic E-state index is 0. The average molecular weight is 459 g/mol. The summed E-state index contributed by atoms with van der Waals surface area (Å²) in [4.78, 5) is 0. The summed E-state index contributed by atoms with van der Waals surface area (Å²) in [6, 6.07) is 0. The Hall–Kier alpha value is 2.95. The third-order valence-corrected chi connectivity index (χ3v) is 0. The van der Waals surface area contributed by atoms with Crippen molar-refractivity contribution in [1.29, 1.82) is 0 Å². The van der Waals surface area contributed by atoms with Crippen molar-refractivity contribution >= 4 is 68.1 Å². The third kappa shape index (κ3) is 8.88. The predicted octanol–water partition coefficient (Wildman–Crippen LogP) is -3.29. The molecule has 0 fully saturated rings. The van der Waals surface area contributed by atoms with E-state index >= 15 is 0 Å². The topological polar surface area (TPSA) is 0 Å². The molecule has 1 atom stereocenters. The van der Waals surface area contributed by atoms with Crippen molar-refractivity contribution in [2.75, 3.05) is 0 Å². The molecule has 2 radical (unpaired) electrons. The molecule has 0 bridgehead atoms. The summed E-state index contributed by atoms with van der Waals surface area (Å²) in [6.45, 7) is 0. The summed E-state index contributed by atoms with van der Waals surface area (Å²) >= 11 is 0. The first kappa shape index (κ1) is 28.2. The van der Waals surface area contributed by atoms with Crippen LogP contribution in [0.5, 0.6) is 0 Å². The largest absolute Gasteiger partial charge is 0 e. The van der Waals surface area contributed by atoms with Gasteiger partial charge in [-0.1, -0.05) is 0 Å². The van der Waals surface area contributed by atoms with Gasteiger partial charge in [-0.15, -0.1) is 0 Å². The Labute approximate surface area is 88.1 Å². The fourth-order valence-electron chi connectivity index (χ4n) is 0. The molecule has 0 aliphatic carbocycles. The molecule has 0 rings (SSSR count). The van der Waals surface area contributed by atoms with Gasteiger partial charge in [-0.3, -0.25) is 0 Å². The second-order valence-corrected chi connectivity index (χ2v) is 0. The minimum atomic E-state index is 0. The van der Waals surface area contributed by atoms with E-state index in [1.54, 1.807) is 0 Å². The van der Waals surface area contributed by atoms with Gasteiger partial charge in [-0.25, -0.2) is 0 Å². The van der Waals surface area contributed by atoms with Crippen molar-refractivity contribution in [3.8, 4) is 0 Å². The molecule has 4 heavy (non-hydrogen) atoms. The normalized spacial score (nSPS) is 0. The predicted molar refractivity (Wildman–Crippen MR) is 28.4 cm³/mol. The van der Waals surface area contributed by atoms with Gasteiger partial charge in [0, 0.05) is 21.7 Å². The fraction of sp³-hybridized carbons (Fsp3) is 0. The van der Waals surface area contributed by atoms with Crippen LogP contribution in [0.15, 0.2) is 0 Å². The SMILES string of the molecule is [AsH3].[BiH3].[SnH2].[Ti]. The van der Waals surface area contributed by atoms with Gasteiger partial charge in [-0.05, 0) is 0 Å². The molecule has 0 saturated heterocycles. The monoisotopic (exact) mass is 460 g/mol. The standard InChI is InChI=1S/AsH3.Bi.Sn.Ti.5H/h1H3;;;;;;;;. The van der Waals surface area contributed by atoms with Crippen LogP contribution in [0.25, 0.3) is 0 Å². The molecule has 0 N–H and O–H groups in total. The van der Waals surface area contributed by atoms with Crippen molar-refractivity contribution < 1.29 is 21.7 Å². The average Bonchev–Trinajstić information content (AvgIpc) is 0. The molecule has 0 saturated carbocycles. The molecule has 0 amide bonds. The van der Waals surface area contributed by atoms with Gasteiger partial charge in [-0.2, -0.15) is 0 Å². The van der Waals surface area contributed by atoms with Crippen molar-refractivity contribution in [3.05, 3.63) is 0 Å². The van der Waals surface area contributed by atoms with E-state index in [0.29, 0.717) is 0 Å². The van der Waals surface area contributed by atoms with Gasteiger partial charge in [0.25, 0.3) is 0 Å². The second-order valence-electron chi connectivity index (χ2n) is 0. The van der Waals surface area contributed by atoms with Crippen LogP contribution in [0.4, 0.5) is 0 Å². The van der Waals surface area contributed by atoms with E-state index in [0.717, 1.165) is 0 Å². The van der Waals surface area contributed by atoms with E-state index in [1.807, 2.05) is 0 Å². The summed E-state index contributed by atoms with van der Waals surface area (Å²) in [5.41, 5.74) is 0. The first-order chi connectivity index (χ1) is 0. The maximum Gasteiger partial charge on any atom is 0 e. The summed E-state index contributed by atoms with van der Waals surface area (Å²) in [6.07, 6.45) is 0. The zero-order valence-corrected chi connectivity index (χ0v) is 16.7. The molecule has 0 aromatic rings. The second kappa shape index (κ2) is 16.7. The van der Waals surface area contributed by atoms with Crippen molar-refractivity contribution in [3.63, 3.8) is 0 Å². The van der Waals surface area contributed by atoms with Crippen LogP contribution in [0.2, 0.25) is 0 Å². The van der Waals surface area contributed by atoms with Gasteiger partial charge < -0.3 is 0 Å². The van der Waals surface area contributed by atoms with Crippen LogP contribution in [0, 0.1) is 0 Å². The van der Waals surface area contributed by atoms with Gasteiger partial charge >= 0.3 is 68.1 Å². The molecule has 0 nitrogen and oxygen atoms in total. The van der Waals surface area contributed by atoms with E-state index in [2.05, 4.69) is 0 Å². The molecule has 0 spiro atoms. The Bertz CT molecular complexity index is 8.00. The molecule has 26 valence electrons. The minimum absolute atomic E-state index is 0. The Balaban J connectivity index is 0. The summed E-state index contributed by atoms with van der Waals surface area (Å²) in [5, 5.41) is 0. The molecule has 4 heteroatoms. The molecule has 0 heterocycles. The quantitative estimate of drug-likeness (QED) is 0.334. The molecule has 0 aromatic carbocycles. The van der Waals surface area contributed by atoms with Crippen LogP contribution >= 0.6 is 0 Å². The van der Waals surface area contributed by atoms with Crippen molar-refractivity contribution in [2.45, 2.75) is 0 Å². The maximum absolute atomic E-state index is 0. The summed E-state index contributed by atoms with van der Waals surface area (Å²) < 4.78 is 0. The van der Waals surface area contributed by atoms with Gasteiger partial charge in [0.05, 0.1) is 0 Å². The number of rotatable bonds is 0. The third-order valence-electron chi connectivity index (χ3n) is 0. The minimum Gasteiger partial charge on any atom is 0 e. The molecule has 1 unspecified atom stereocenters. The fourth-order valence-corrected chi connectivity index (χ4v) is 0. The first-order valence-electron chi connectivity index (χ1n) is 0. The van der Waals surface area contributed by atoms with Crippen molar-refractivity contribution in [1.82, 2.24) is 0 Å². The molecule has 0 aliphatic heterocycles. The van der Waals surface area contributed by atoms with Crippen LogP contribution in [0.1, 0.15) is 0 Å². The Morgan fingerprint density at radius 3 is 1.00 bits per heavy atom. The van der Waals surface area contributed by atoms with Gasteiger partial charge in [0.2, 0.25) is 0 Å². The first-order valence-corrected chi connectivity index (χ1v) is 0. The molecular weight excluding hydrogens is 450 g/mol. The van der Waals surface area contributed by atoms with Crippen LogP contribution in [-0.4, -0.2) is 68.1 Å². The van der Waals surface area contributed by atoms with Gasteiger partial charge in [0.15, 0.2) is 0 Å². The number of hydrogen-bond donors (Lipinski definition) is 0. The summed E-state index contributed by atoms with van der Waals surface area (Å²) in [7, 11) is 0. The van der Waals surface area contributed by atoms with Crippen LogP contribution < -0.4 is 0 Å². The zero-order valence-electron chi connectivity index (χ0n) is 2.62. The summed E-state index contributed by atoms with van der Waals surface area (Å²) in [5.74, 6) is 0. The number of hydrogen-bond acceptors (Lipinski definition) is 0. The smallest absolute Gasteiger partial charge is 0 e. The van der Waals surface area contributed by atoms with E-state index in [4.69, 9.17) is 0 Å². The van der Waals surface area contributed by atoms with E-state index in [-0.39, 0.29) is 89.8 Å². The Morgan fingerprint density at radius 1 is 1.00 bits per heavy atom. The van der Waals surface area contributed by atoms with Crippen LogP contribution in [0.3, 0.4) is 0 Å². The zero-order chi connectivity index (χ0) is 0. The molecule has 0 aromatic heterocycles. The van der Waals surface area contributed by atoms with Crippen LogP contribution in [-0.2, 0) is 21.7 Å². The van der Waals surface area contributed by atoms with Gasteiger partial charge in [0.1, 0.15) is 0 Å². The molecular formula is H8AsBiSnTi. The Morgan fingerprint density at radius 2 is 1.00 bits per heavy atom.